The predicted molar refractivity (Wildman–Crippen MR) is 84.5 cm³/mol. The Morgan fingerprint density at radius 1 is 1.35 bits per heavy atom. The van der Waals surface area contributed by atoms with Crippen LogP contribution >= 0.6 is 23.4 Å². The largest absolute Gasteiger partial charge is 0.325 e. The minimum atomic E-state index is -0.0660. The van der Waals surface area contributed by atoms with Gasteiger partial charge in [0.25, 0.3) is 0 Å². The third-order valence-electron chi connectivity index (χ3n) is 2.72. The van der Waals surface area contributed by atoms with Crippen molar-refractivity contribution in [1.82, 2.24) is 4.98 Å². The lowest BCUT2D eigenvalue weighted by Gasteiger charge is -2.09. The highest BCUT2D eigenvalue weighted by Gasteiger charge is 2.08. The van der Waals surface area contributed by atoms with Gasteiger partial charge in [0.15, 0.2) is 0 Å². The van der Waals surface area contributed by atoms with Crippen molar-refractivity contribution >= 4 is 35.0 Å². The maximum atomic E-state index is 11.9. The molecule has 1 N–H and O–H groups in total. The molecular weight excluding hydrogens is 292 g/mol. The SMILES string of the molecule is Cc1ccc(NC(=O)CSc2ncccc2Cl)c(C)c1. The van der Waals surface area contributed by atoms with Crippen molar-refractivity contribution in [2.45, 2.75) is 18.9 Å². The highest BCUT2D eigenvalue weighted by molar-refractivity contribution is 8.00. The van der Waals surface area contributed by atoms with Gasteiger partial charge >= 0.3 is 0 Å². The molecule has 5 heteroatoms. The summed E-state index contributed by atoms with van der Waals surface area (Å²) in [6.45, 7) is 4.00. The van der Waals surface area contributed by atoms with Crippen molar-refractivity contribution in [2.75, 3.05) is 11.1 Å². The van der Waals surface area contributed by atoms with Crippen LogP contribution in [0.3, 0.4) is 0 Å². The van der Waals surface area contributed by atoms with E-state index in [0.29, 0.717) is 10.0 Å². The number of rotatable bonds is 4. The molecule has 1 aromatic carbocycles. The zero-order chi connectivity index (χ0) is 14.5. The first-order chi connectivity index (χ1) is 9.56. The summed E-state index contributed by atoms with van der Waals surface area (Å²) in [4.78, 5) is 16.1. The van der Waals surface area contributed by atoms with Crippen LogP contribution in [0.4, 0.5) is 5.69 Å². The Balaban J connectivity index is 1.94. The molecule has 1 amide bonds. The van der Waals surface area contributed by atoms with E-state index in [1.165, 1.54) is 17.3 Å². The van der Waals surface area contributed by atoms with E-state index in [2.05, 4.69) is 10.3 Å². The first-order valence-corrected chi connectivity index (χ1v) is 7.53. The summed E-state index contributed by atoms with van der Waals surface area (Å²) in [5, 5.41) is 4.13. The monoisotopic (exact) mass is 306 g/mol. The summed E-state index contributed by atoms with van der Waals surface area (Å²) in [6.07, 6.45) is 1.66. The summed E-state index contributed by atoms with van der Waals surface area (Å²) >= 11 is 7.32. The van der Waals surface area contributed by atoms with E-state index in [1.807, 2.05) is 32.0 Å². The van der Waals surface area contributed by atoms with Gasteiger partial charge in [0.05, 0.1) is 10.8 Å². The number of aryl methyl sites for hydroxylation is 2. The first-order valence-electron chi connectivity index (χ1n) is 6.16. The predicted octanol–water partition coefficient (Wildman–Crippen LogP) is 4.08. The Bertz CT molecular complexity index is 631. The Kier molecular flexibility index (Phi) is 5.04. The Morgan fingerprint density at radius 3 is 2.85 bits per heavy atom. The molecule has 2 aromatic rings. The number of anilines is 1. The number of carbonyl (C=O) groups is 1. The molecule has 0 saturated heterocycles. The lowest BCUT2D eigenvalue weighted by molar-refractivity contribution is -0.113. The maximum absolute atomic E-state index is 11.9. The number of hydrogen-bond donors (Lipinski definition) is 1. The average Bonchev–Trinajstić information content (AvgIpc) is 2.41. The van der Waals surface area contributed by atoms with Crippen LogP contribution < -0.4 is 5.32 Å². The van der Waals surface area contributed by atoms with E-state index < -0.39 is 0 Å². The van der Waals surface area contributed by atoms with Crippen molar-refractivity contribution in [3.8, 4) is 0 Å². The van der Waals surface area contributed by atoms with Crippen molar-refractivity contribution < 1.29 is 4.79 Å². The molecule has 0 aliphatic carbocycles. The van der Waals surface area contributed by atoms with Crippen LogP contribution in [0.5, 0.6) is 0 Å². The standard InChI is InChI=1S/C15H15ClN2OS/c1-10-5-6-13(11(2)8-10)18-14(19)9-20-15-12(16)4-3-7-17-15/h3-8H,9H2,1-2H3,(H,18,19). The Hall–Kier alpha value is -1.52. The maximum Gasteiger partial charge on any atom is 0.234 e. The number of amides is 1. The molecule has 1 heterocycles. The fourth-order valence-corrected chi connectivity index (χ4v) is 2.72. The van der Waals surface area contributed by atoms with Crippen molar-refractivity contribution in [1.29, 1.82) is 0 Å². The summed E-state index contributed by atoms with van der Waals surface area (Å²) in [7, 11) is 0. The fourth-order valence-electron chi connectivity index (χ4n) is 1.75. The second kappa shape index (κ2) is 6.77. The van der Waals surface area contributed by atoms with Crippen LogP contribution in [0.15, 0.2) is 41.6 Å². The van der Waals surface area contributed by atoms with E-state index in [9.17, 15) is 4.79 Å². The van der Waals surface area contributed by atoms with Crippen molar-refractivity contribution in [3.63, 3.8) is 0 Å². The molecule has 0 bridgehead atoms. The molecule has 3 nitrogen and oxygen atoms in total. The average molecular weight is 307 g/mol. The van der Waals surface area contributed by atoms with Crippen molar-refractivity contribution in [2.24, 2.45) is 0 Å². The lowest BCUT2D eigenvalue weighted by atomic mass is 10.1. The molecule has 0 radical (unpaired) electrons. The minimum Gasteiger partial charge on any atom is -0.325 e. The van der Waals surface area contributed by atoms with Crippen LogP contribution in [0.25, 0.3) is 0 Å². The number of pyridine rings is 1. The van der Waals surface area contributed by atoms with Gasteiger partial charge in [0.2, 0.25) is 5.91 Å². The molecule has 2 rings (SSSR count). The molecule has 0 fully saturated rings. The zero-order valence-corrected chi connectivity index (χ0v) is 12.9. The molecule has 20 heavy (non-hydrogen) atoms. The van der Waals surface area contributed by atoms with Gasteiger partial charge in [-0.3, -0.25) is 4.79 Å². The summed E-state index contributed by atoms with van der Waals surface area (Å²) < 4.78 is 0. The number of halogens is 1. The topological polar surface area (TPSA) is 42.0 Å². The fraction of sp³-hybridized carbons (Fsp3) is 0.200. The second-order valence-corrected chi connectivity index (χ2v) is 5.82. The number of thioether (sulfide) groups is 1. The van der Waals surface area contributed by atoms with Gasteiger partial charge in [-0.2, -0.15) is 0 Å². The van der Waals surface area contributed by atoms with E-state index >= 15 is 0 Å². The van der Waals surface area contributed by atoms with Crippen LogP contribution in [0, 0.1) is 13.8 Å². The number of aromatic nitrogens is 1. The summed E-state index contributed by atoms with van der Waals surface area (Å²) in [5.74, 6) is 0.216. The van der Waals surface area contributed by atoms with Gasteiger partial charge in [-0.25, -0.2) is 4.98 Å². The lowest BCUT2D eigenvalue weighted by Crippen LogP contribution is -2.15. The van der Waals surface area contributed by atoms with E-state index in [1.54, 1.807) is 18.3 Å². The van der Waals surface area contributed by atoms with E-state index in [0.717, 1.165) is 11.3 Å². The highest BCUT2D eigenvalue weighted by atomic mass is 35.5. The molecule has 0 aliphatic heterocycles. The number of nitrogens with zero attached hydrogens (tertiary/aromatic N) is 1. The summed E-state index contributed by atoms with van der Waals surface area (Å²) in [6, 6.07) is 9.46. The third-order valence-corrected chi connectivity index (χ3v) is 4.14. The third kappa shape index (κ3) is 3.99. The zero-order valence-electron chi connectivity index (χ0n) is 11.3. The quantitative estimate of drug-likeness (QED) is 0.865. The molecule has 0 unspecified atom stereocenters. The van der Waals surface area contributed by atoms with Gasteiger partial charge in [0.1, 0.15) is 5.03 Å². The van der Waals surface area contributed by atoms with E-state index in [-0.39, 0.29) is 11.7 Å². The summed E-state index contributed by atoms with van der Waals surface area (Å²) in [5.41, 5.74) is 3.07. The minimum absolute atomic E-state index is 0.0660. The molecule has 0 atom stereocenters. The Morgan fingerprint density at radius 2 is 2.15 bits per heavy atom. The van der Waals surface area contributed by atoms with Gasteiger partial charge in [-0.05, 0) is 37.6 Å². The van der Waals surface area contributed by atoms with Crippen LogP contribution in [-0.4, -0.2) is 16.6 Å². The number of hydrogen-bond acceptors (Lipinski definition) is 3. The van der Waals surface area contributed by atoms with E-state index in [4.69, 9.17) is 11.6 Å². The van der Waals surface area contributed by atoms with Gasteiger partial charge in [-0.15, -0.1) is 0 Å². The Labute approximate surface area is 127 Å². The second-order valence-electron chi connectivity index (χ2n) is 4.45. The molecule has 1 aromatic heterocycles. The van der Waals surface area contributed by atoms with Gasteiger partial charge in [-0.1, -0.05) is 41.1 Å². The first kappa shape index (κ1) is 14.9. The van der Waals surface area contributed by atoms with Crippen LogP contribution in [0.2, 0.25) is 5.02 Å². The molecule has 0 aliphatic rings. The molecule has 0 saturated carbocycles. The number of nitrogens with one attached hydrogen (secondary N) is 1. The normalized spacial score (nSPS) is 10.3. The van der Waals surface area contributed by atoms with Gasteiger partial charge < -0.3 is 5.32 Å². The molecule has 0 spiro atoms. The number of benzene rings is 1. The van der Waals surface area contributed by atoms with Crippen LogP contribution in [-0.2, 0) is 4.79 Å². The van der Waals surface area contributed by atoms with Gasteiger partial charge in [0, 0.05) is 11.9 Å². The highest BCUT2D eigenvalue weighted by Crippen LogP contribution is 2.24. The van der Waals surface area contributed by atoms with Crippen molar-refractivity contribution in [3.05, 3.63) is 52.7 Å². The number of carbonyl (C=O) groups excluding carboxylic acids is 1. The van der Waals surface area contributed by atoms with Crippen LogP contribution in [0.1, 0.15) is 11.1 Å². The molecule has 104 valence electrons. The molecular formula is C15H15ClN2OS. The smallest absolute Gasteiger partial charge is 0.234 e.